The molecule has 0 bridgehead atoms. The molecular formula is C15H17N3O2. The van der Waals surface area contributed by atoms with E-state index in [1.165, 1.54) is 0 Å². The van der Waals surface area contributed by atoms with Crippen molar-refractivity contribution in [3.8, 4) is 0 Å². The van der Waals surface area contributed by atoms with Gasteiger partial charge in [0.25, 0.3) is 0 Å². The maximum absolute atomic E-state index is 11.8. The SMILES string of the molecule is Nc1ccc(NC(=O)Nc2cccc(CCO)c2)cc1. The minimum atomic E-state index is -0.323. The molecule has 0 heterocycles. The van der Waals surface area contributed by atoms with E-state index in [-0.39, 0.29) is 12.6 Å². The highest BCUT2D eigenvalue weighted by Crippen LogP contribution is 2.13. The molecule has 0 saturated heterocycles. The van der Waals surface area contributed by atoms with Gasteiger partial charge < -0.3 is 21.5 Å². The fraction of sp³-hybridized carbons (Fsp3) is 0.133. The number of nitrogens with two attached hydrogens (primary N) is 1. The number of hydrogen-bond acceptors (Lipinski definition) is 3. The van der Waals surface area contributed by atoms with Crippen LogP contribution in [0.4, 0.5) is 21.9 Å². The third-order valence-corrected chi connectivity index (χ3v) is 2.75. The Morgan fingerprint density at radius 2 is 1.75 bits per heavy atom. The average molecular weight is 271 g/mol. The second-order valence-corrected chi connectivity index (χ2v) is 4.38. The number of hydrogen-bond donors (Lipinski definition) is 4. The van der Waals surface area contributed by atoms with Gasteiger partial charge in [-0.25, -0.2) is 4.79 Å². The third-order valence-electron chi connectivity index (χ3n) is 2.75. The molecule has 0 unspecified atom stereocenters. The summed E-state index contributed by atoms with van der Waals surface area (Å²) >= 11 is 0. The average Bonchev–Trinajstić information content (AvgIpc) is 2.42. The monoisotopic (exact) mass is 271 g/mol. The van der Waals surface area contributed by atoms with Crippen LogP contribution in [0.3, 0.4) is 0 Å². The third kappa shape index (κ3) is 4.00. The lowest BCUT2D eigenvalue weighted by Gasteiger charge is -2.09. The van der Waals surface area contributed by atoms with E-state index in [0.29, 0.717) is 23.5 Å². The molecule has 2 aromatic carbocycles. The van der Waals surface area contributed by atoms with Crippen molar-refractivity contribution >= 4 is 23.1 Å². The molecule has 5 nitrogen and oxygen atoms in total. The molecule has 2 aromatic rings. The maximum atomic E-state index is 11.8. The topological polar surface area (TPSA) is 87.4 Å². The van der Waals surface area contributed by atoms with Gasteiger partial charge in [-0.2, -0.15) is 0 Å². The first-order valence-electron chi connectivity index (χ1n) is 6.31. The smallest absolute Gasteiger partial charge is 0.323 e. The van der Waals surface area contributed by atoms with Crippen molar-refractivity contribution in [2.24, 2.45) is 0 Å². The Kier molecular flexibility index (Phi) is 4.57. The molecule has 0 aromatic heterocycles. The molecule has 20 heavy (non-hydrogen) atoms. The van der Waals surface area contributed by atoms with Gasteiger partial charge >= 0.3 is 6.03 Å². The van der Waals surface area contributed by atoms with E-state index < -0.39 is 0 Å². The predicted octanol–water partition coefficient (Wildman–Crippen LogP) is 2.45. The Morgan fingerprint density at radius 1 is 1.05 bits per heavy atom. The summed E-state index contributed by atoms with van der Waals surface area (Å²) in [6.45, 7) is 0.0844. The predicted molar refractivity (Wildman–Crippen MR) is 80.7 cm³/mol. The minimum Gasteiger partial charge on any atom is -0.399 e. The van der Waals surface area contributed by atoms with Crippen molar-refractivity contribution in [1.29, 1.82) is 0 Å². The molecular weight excluding hydrogens is 254 g/mol. The van der Waals surface area contributed by atoms with E-state index in [9.17, 15) is 4.79 Å². The van der Waals surface area contributed by atoms with Crippen molar-refractivity contribution in [2.45, 2.75) is 6.42 Å². The molecule has 0 fully saturated rings. The van der Waals surface area contributed by atoms with Gasteiger partial charge in [-0.15, -0.1) is 0 Å². The number of nitrogen functional groups attached to an aromatic ring is 1. The van der Waals surface area contributed by atoms with Crippen LogP contribution in [0.25, 0.3) is 0 Å². The van der Waals surface area contributed by atoms with Crippen LogP contribution in [0.1, 0.15) is 5.56 Å². The van der Waals surface area contributed by atoms with E-state index >= 15 is 0 Å². The number of anilines is 3. The fourth-order valence-electron chi connectivity index (χ4n) is 1.79. The summed E-state index contributed by atoms with van der Waals surface area (Å²) in [5.41, 5.74) is 8.55. The van der Waals surface area contributed by atoms with Crippen LogP contribution in [0, 0.1) is 0 Å². The molecule has 5 N–H and O–H groups in total. The Morgan fingerprint density at radius 3 is 2.45 bits per heavy atom. The highest BCUT2D eigenvalue weighted by atomic mass is 16.3. The Balaban J connectivity index is 1.97. The molecule has 0 spiro atoms. The second kappa shape index (κ2) is 6.58. The van der Waals surface area contributed by atoms with E-state index in [1.54, 1.807) is 30.3 Å². The van der Waals surface area contributed by atoms with Crippen LogP contribution < -0.4 is 16.4 Å². The summed E-state index contributed by atoms with van der Waals surface area (Å²) in [5, 5.41) is 14.4. The van der Waals surface area contributed by atoms with Crippen molar-refractivity contribution < 1.29 is 9.90 Å². The van der Waals surface area contributed by atoms with E-state index in [1.807, 2.05) is 18.2 Å². The lowest BCUT2D eigenvalue weighted by atomic mass is 10.1. The number of urea groups is 1. The lowest BCUT2D eigenvalue weighted by molar-refractivity contribution is 0.262. The normalized spacial score (nSPS) is 10.1. The van der Waals surface area contributed by atoms with E-state index in [4.69, 9.17) is 10.8 Å². The fourth-order valence-corrected chi connectivity index (χ4v) is 1.79. The van der Waals surface area contributed by atoms with Crippen molar-refractivity contribution in [3.05, 3.63) is 54.1 Å². The van der Waals surface area contributed by atoms with Crippen LogP contribution >= 0.6 is 0 Å². The van der Waals surface area contributed by atoms with Gasteiger partial charge in [0, 0.05) is 23.7 Å². The first kappa shape index (κ1) is 13.9. The van der Waals surface area contributed by atoms with Gasteiger partial charge in [0.2, 0.25) is 0 Å². The van der Waals surface area contributed by atoms with Crippen LogP contribution in [0.2, 0.25) is 0 Å². The van der Waals surface area contributed by atoms with Crippen molar-refractivity contribution in [1.82, 2.24) is 0 Å². The minimum absolute atomic E-state index is 0.0844. The maximum Gasteiger partial charge on any atom is 0.323 e. The van der Waals surface area contributed by atoms with Gasteiger partial charge in [-0.1, -0.05) is 12.1 Å². The van der Waals surface area contributed by atoms with E-state index in [2.05, 4.69) is 10.6 Å². The second-order valence-electron chi connectivity index (χ2n) is 4.38. The Hall–Kier alpha value is -2.53. The van der Waals surface area contributed by atoms with Gasteiger partial charge in [0.1, 0.15) is 0 Å². The quantitative estimate of drug-likeness (QED) is 0.644. The molecule has 2 amide bonds. The van der Waals surface area contributed by atoms with Crippen molar-refractivity contribution in [3.63, 3.8) is 0 Å². The zero-order valence-electron chi connectivity index (χ0n) is 11.0. The summed E-state index contributed by atoms with van der Waals surface area (Å²) in [7, 11) is 0. The number of rotatable bonds is 4. The molecule has 0 atom stereocenters. The number of amides is 2. The van der Waals surface area contributed by atoms with Crippen LogP contribution in [-0.2, 0) is 6.42 Å². The molecule has 5 heteroatoms. The number of aliphatic hydroxyl groups excluding tert-OH is 1. The summed E-state index contributed by atoms with van der Waals surface area (Å²) in [5.74, 6) is 0. The van der Waals surface area contributed by atoms with Gasteiger partial charge in [0.05, 0.1) is 0 Å². The molecule has 104 valence electrons. The summed E-state index contributed by atoms with van der Waals surface area (Å²) in [4.78, 5) is 11.8. The summed E-state index contributed by atoms with van der Waals surface area (Å²) in [6.07, 6.45) is 0.565. The van der Waals surface area contributed by atoms with Crippen LogP contribution in [0.5, 0.6) is 0 Å². The molecule has 0 saturated carbocycles. The largest absolute Gasteiger partial charge is 0.399 e. The molecule has 0 aliphatic carbocycles. The Bertz CT molecular complexity index is 582. The van der Waals surface area contributed by atoms with Crippen LogP contribution in [0.15, 0.2) is 48.5 Å². The number of carbonyl (C=O) groups excluding carboxylic acids is 1. The highest BCUT2D eigenvalue weighted by Gasteiger charge is 2.03. The number of nitrogens with one attached hydrogen (secondary N) is 2. The lowest BCUT2D eigenvalue weighted by Crippen LogP contribution is -2.19. The summed E-state index contributed by atoms with van der Waals surface area (Å²) < 4.78 is 0. The van der Waals surface area contributed by atoms with Gasteiger partial charge in [-0.05, 0) is 48.4 Å². The zero-order valence-corrected chi connectivity index (χ0v) is 11.0. The number of carbonyl (C=O) groups is 1. The zero-order chi connectivity index (χ0) is 14.4. The first-order chi connectivity index (χ1) is 9.67. The molecule has 2 rings (SSSR count). The Labute approximate surface area is 117 Å². The van der Waals surface area contributed by atoms with Crippen LogP contribution in [-0.4, -0.2) is 17.7 Å². The first-order valence-corrected chi connectivity index (χ1v) is 6.31. The molecule has 0 aliphatic heterocycles. The van der Waals surface area contributed by atoms with Gasteiger partial charge in [0.15, 0.2) is 0 Å². The standard InChI is InChI=1S/C15H17N3O2/c16-12-4-6-13(7-5-12)17-15(20)18-14-3-1-2-11(10-14)8-9-19/h1-7,10,19H,8-9,16H2,(H2,17,18,20). The molecule has 0 aliphatic rings. The highest BCUT2D eigenvalue weighted by molar-refractivity contribution is 5.99. The number of aliphatic hydroxyl groups is 1. The summed E-state index contributed by atoms with van der Waals surface area (Å²) in [6, 6.07) is 13.9. The van der Waals surface area contributed by atoms with Gasteiger partial charge in [-0.3, -0.25) is 0 Å². The molecule has 0 radical (unpaired) electrons. The number of benzene rings is 2. The van der Waals surface area contributed by atoms with E-state index in [0.717, 1.165) is 5.56 Å². The van der Waals surface area contributed by atoms with Crippen molar-refractivity contribution in [2.75, 3.05) is 23.0 Å².